The van der Waals surface area contributed by atoms with E-state index in [-0.39, 0.29) is 11.9 Å². The van der Waals surface area contributed by atoms with Crippen LogP contribution in [0.5, 0.6) is 0 Å². The van der Waals surface area contributed by atoms with Crippen molar-refractivity contribution in [2.24, 2.45) is 5.92 Å². The molecule has 0 spiro atoms. The van der Waals surface area contributed by atoms with E-state index in [1.54, 1.807) is 18.4 Å². The van der Waals surface area contributed by atoms with Gasteiger partial charge < -0.3 is 5.32 Å². The van der Waals surface area contributed by atoms with Crippen LogP contribution in [-0.2, 0) is 4.79 Å². The molecule has 2 N–H and O–H groups in total. The molecule has 1 heterocycles. The van der Waals surface area contributed by atoms with Gasteiger partial charge in [-0.3, -0.25) is 10.1 Å². The molecule has 0 aliphatic heterocycles. The molecule has 100 valence electrons. The summed E-state index contributed by atoms with van der Waals surface area (Å²) in [7, 11) is 1.69. The smallest absolute Gasteiger partial charge is 0.236 e. The van der Waals surface area contributed by atoms with Crippen LogP contribution in [0, 0.1) is 5.92 Å². The Labute approximate surface area is 113 Å². The van der Waals surface area contributed by atoms with Crippen LogP contribution in [0.15, 0.2) is 17.5 Å². The molecule has 3 nitrogen and oxygen atoms in total. The van der Waals surface area contributed by atoms with E-state index in [2.05, 4.69) is 28.1 Å². The number of hydrogen-bond acceptors (Lipinski definition) is 3. The molecular weight excluding hydrogens is 244 g/mol. The molecule has 1 amide bonds. The van der Waals surface area contributed by atoms with Gasteiger partial charge in [-0.1, -0.05) is 18.9 Å². The highest BCUT2D eigenvalue weighted by Gasteiger charge is 2.29. The Bertz CT molecular complexity index is 371. The van der Waals surface area contributed by atoms with Gasteiger partial charge in [-0.05, 0) is 37.1 Å². The van der Waals surface area contributed by atoms with Gasteiger partial charge in [0.2, 0.25) is 5.91 Å². The maximum atomic E-state index is 11.7. The second-order valence-corrected chi connectivity index (χ2v) is 6.02. The van der Waals surface area contributed by atoms with Crippen LogP contribution in [0.25, 0.3) is 0 Å². The van der Waals surface area contributed by atoms with Crippen molar-refractivity contribution in [3.8, 4) is 0 Å². The van der Waals surface area contributed by atoms with Crippen molar-refractivity contribution in [3.63, 3.8) is 0 Å². The fraction of sp³-hybridized carbons (Fsp3) is 0.643. The zero-order chi connectivity index (χ0) is 13.0. The third-order valence-electron chi connectivity index (χ3n) is 3.79. The molecular formula is C14H22N2OS. The minimum absolute atomic E-state index is 0.0644. The first-order valence-corrected chi connectivity index (χ1v) is 7.61. The lowest BCUT2D eigenvalue weighted by Crippen LogP contribution is -2.43. The van der Waals surface area contributed by atoms with Gasteiger partial charge in [-0.15, -0.1) is 11.3 Å². The molecule has 18 heavy (non-hydrogen) atoms. The van der Waals surface area contributed by atoms with Crippen LogP contribution >= 0.6 is 11.3 Å². The number of amides is 1. The Balaban J connectivity index is 2.07. The molecule has 1 fully saturated rings. The molecule has 0 bridgehead atoms. The van der Waals surface area contributed by atoms with Crippen molar-refractivity contribution in [2.45, 2.75) is 44.7 Å². The van der Waals surface area contributed by atoms with Crippen LogP contribution in [-0.4, -0.2) is 19.0 Å². The Kier molecular flexibility index (Phi) is 4.78. The summed E-state index contributed by atoms with van der Waals surface area (Å²) >= 11 is 1.78. The minimum atomic E-state index is -0.136. The van der Waals surface area contributed by atoms with Crippen LogP contribution in [0.2, 0.25) is 0 Å². The summed E-state index contributed by atoms with van der Waals surface area (Å²) in [6, 6.07) is 4.47. The number of hydrogen-bond donors (Lipinski definition) is 2. The molecule has 2 atom stereocenters. The van der Waals surface area contributed by atoms with Gasteiger partial charge in [0.1, 0.15) is 0 Å². The van der Waals surface area contributed by atoms with E-state index in [0.29, 0.717) is 12.0 Å². The fourth-order valence-electron chi connectivity index (χ4n) is 2.77. The summed E-state index contributed by atoms with van der Waals surface area (Å²) in [4.78, 5) is 13.0. The third kappa shape index (κ3) is 3.12. The van der Waals surface area contributed by atoms with E-state index < -0.39 is 0 Å². The second kappa shape index (κ2) is 6.34. The third-order valence-corrected chi connectivity index (χ3v) is 4.75. The first-order chi connectivity index (χ1) is 8.72. The van der Waals surface area contributed by atoms with E-state index in [1.807, 2.05) is 6.92 Å². The predicted molar refractivity (Wildman–Crippen MR) is 75.7 cm³/mol. The standard InChI is InChI=1S/C14H22N2OS/c1-10(14(17)15-2)16-13(11-6-3-4-7-11)12-8-5-9-18-12/h5,8-11,13,16H,3-4,6-7H2,1-2H3,(H,15,17). The number of carbonyl (C=O) groups is 1. The molecule has 0 aromatic carbocycles. The summed E-state index contributed by atoms with van der Waals surface area (Å²) in [5.74, 6) is 0.741. The molecule has 1 aliphatic rings. The lowest BCUT2D eigenvalue weighted by molar-refractivity contribution is -0.122. The molecule has 0 radical (unpaired) electrons. The van der Waals surface area contributed by atoms with Gasteiger partial charge in [0.25, 0.3) is 0 Å². The van der Waals surface area contributed by atoms with Gasteiger partial charge in [-0.25, -0.2) is 0 Å². The van der Waals surface area contributed by atoms with Crippen molar-refractivity contribution in [1.82, 2.24) is 10.6 Å². The highest BCUT2D eigenvalue weighted by atomic mass is 32.1. The van der Waals surface area contributed by atoms with E-state index in [1.165, 1.54) is 30.6 Å². The number of nitrogens with one attached hydrogen (secondary N) is 2. The van der Waals surface area contributed by atoms with Crippen molar-refractivity contribution in [1.29, 1.82) is 0 Å². The van der Waals surface area contributed by atoms with Gasteiger partial charge in [0.05, 0.1) is 6.04 Å². The predicted octanol–water partition coefficient (Wildman–Crippen LogP) is 2.70. The summed E-state index contributed by atoms with van der Waals surface area (Å²) < 4.78 is 0. The van der Waals surface area contributed by atoms with E-state index in [0.717, 1.165) is 0 Å². The Morgan fingerprint density at radius 3 is 2.72 bits per heavy atom. The van der Waals surface area contributed by atoms with E-state index in [9.17, 15) is 4.79 Å². The number of thiophene rings is 1. The lowest BCUT2D eigenvalue weighted by atomic mass is 9.96. The van der Waals surface area contributed by atoms with Gasteiger partial charge in [-0.2, -0.15) is 0 Å². The highest BCUT2D eigenvalue weighted by molar-refractivity contribution is 7.10. The molecule has 1 aromatic rings. The Morgan fingerprint density at radius 2 is 2.17 bits per heavy atom. The number of likely N-dealkylation sites (N-methyl/N-ethyl adjacent to an activating group) is 1. The topological polar surface area (TPSA) is 41.1 Å². The number of carbonyl (C=O) groups excluding carboxylic acids is 1. The SMILES string of the molecule is CNC(=O)C(C)NC(c1cccs1)C1CCCC1. The Morgan fingerprint density at radius 1 is 1.44 bits per heavy atom. The van der Waals surface area contributed by atoms with E-state index in [4.69, 9.17) is 0 Å². The second-order valence-electron chi connectivity index (χ2n) is 5.04. The molecule has 4 heteroatoms. The molecule has 0 saturated heterocycles. The lowest BCUT2D eigenvalue weighted by Gasteiger charge is -2.26. The first-order valence-electron chi connectivity index (χ1n) is 6.73. The van der Waals surface area contributed by atoms with Crippen LogP contribution in [0.4, 0.5) is 0 Å². The van der Waals surface area contributed by atoms with Crippen molar-refractivity contribution in [2.75, 3.05) is 7.05 Å². The molecule has 1 aromatic heterocycles. The zero-order valence-corrected chi connectivity index (χ0v) is 11.9. The summed E-state index contributed by atoms with van der Waals surface area (Å²) in [6.45, 7) is 1.94. The molecule has 2 unspecified atom stereocenters. The van der Waals surface area contributed by atoms with Crippen LogP contribution < -0.4 is 10.6 Å². The average Bonchev–Trinajstić information content (AvgIpc) is 3.06. The molecule has 1 saturated carbocycles. The molecule has 2 rings (SSSR count). The quantitative estimate of drug-likeness (QED) is 0.860. The maximum absolute atomic E-state index is 11.7. The minimum Gasteiger partial charge on any atom is -0.358 e. The van der Waals surface area contributed by atoms with Crippen LogP contribution in [0.1, 0.15) is 43.5 Å². The summed E-state index contributed by atoms with van der Waals surface area (Å²) in [6.07, 6.45) is 5.19. The first kappa shape index (κ1) is 13.6. The van der Waals surface area contributed by atoms with Crippen molar-refractivity contribution in [3.05, 3.63) is 22.4 Å². The summed E-state index contributed by atoms with van der Waals surface area (Å²) in [5.41, 5.74) is 0. The largest absolute Gasteiger partial charge is 0.358 e. The fourth-order valence-corrected chi connectivity index (χ4v) is 3.65. The van der Waals surface area contributed by atoms with E-state index >= 15 is 0 Å². The number of rotatable bonds is 5. The van der Waals surface area contributed by atoms with Gasteiger partial charge >= 0.3 is 0 Å². The normalized spacial score (nSPS) is 19.7. The average molecular weight is 266 g/mol. The van der Waals surface area contributed by atoms with Gasteiger partial charge in [0.15, 0.2) is 0 Å². The van der Waals surface area contributed by atoms with Crippen molar-refractivity contribution >= 4 is 17.2 Å². The Hall–Kier alpha value is -0.870. The summed E-state index contributed by atoms with van der Waals surface area (Å²) in [5, 5.41) is 8.33. The van der Waals surface area contributed by atoms with Crippen molar-refractivity contribution < 1.29 is 4.79 Å². The monoisotopic (exact) mass is 266 g/mol. The highest BCUT2D eigenvalue weighted by Crippen LogP contribution is 2.37. The van der Waals surface area contributed by atoms with Crippen LogP contribution in [0.3, 0.4) is 0 Å². The zero-order valence-electron chi connectivity index (χ0n) is 11.1. The molecule has 1 aliphatic carbocycles. The maximum Gasteiger partial charge on any atom is 0.236 e. The van der Waals surface area contributed by atoms with Gasteiger partial charge in [0, 0.05) is 18.0 Å².